The Morgan fingerprint density at radius 2 is 1.94 bits per heavy atom. The first-order valence-corrected chi connectivity index (χ1v) is 12.3. The molecule has 0 bridgehead atoms. The summed E-state index contributed by atoms with van der Waals surface area (Å²) in [6.07, 6.45) is 2.50. The number of carbonyl (C=O) groups excluding carboxylic acids is 1. The van der Waals surface area contributed by atoms with Gasteiger partial charge in [0, 0.05) is 36.6 Å². The lowest BCUT2D eigenvalue weighted by molar-refractivity contribution is 0.0955. The van der Waals surface area contributed by atoms with Crippen LogP contribution < -0.4 is 10.9 Å². The zero-order valence-corrected chi connectivity index (χ0v) is 18.8. The Balaban J connectivity index is 1.62. The molecule has 1 atom stereocenters. The number of aromatic amines is 1. The first kappa shape index (κ1) is 22.2. The summed E-state index contributed by atoms with van der Waals surface area (Å²) in [6, 6.07) is 15.5. The maximum atomic E-state index is 13.2. The zero-order chi connectivity index (χ0) is 22.7. The predicted molar refractivity (Wildman–Crippen MR) is 124 cm³/mol. The molecule has 1 aliphatic rings. The quantitative estimate of drug-likeness (QED) is 0.599. The monoisotopic (exact) mass is 453 g/mol. The summed E-state index contributed by atoms with van der Waals surface area (Å²) in [5.41, 5.74) is 1.27. The molecular weight excluding hydrogens is 426 g/mol. The second kappa shape index (κ2) is 9.26. The molecule has 2 N–H and O–H groups in total. The number of fused-ring (bicyclic) bond motifs is 1. The number of rotatable bonds is 6. The maximum Gasteiger partial charge on any atom is 0.252 e. The minimum Gasteiger partial charge on any atom is -0.352 e. The summed E-state index contributed by atoms with van der Waals surface area (Å²) >= 11 is 0. The predicted octanol–water partition coefficient (Wildman–Crippen LogP) is 2.92. The van der Waals surface area contributed by atoms with Crippen molar-refractivity contribution in [2.24, 2.45) is 5.92 Å². The van der Waals surface area contributed by atoms with Gasteiger partial charge >= 0.3 is 0 Å². The molecule has 2 heterocycles. The average molecular weight is 454 g/mol. The van der Waals surface area contributed by atoms with Gasteiger partial charge in [-0.1, -0.05) is 37.3 Å². The lowest BCUT2D eigenvalue weighted by Gasteiger charge is -2.30. The van der Waals surface area contributed by atoms with Gasteiger partial charge in [-0.3, -0.25) is 9.59 Å². The number of aromatic nitrogens is 1. The summed E-state index contributed by atoms with van der Waals surface area (Å²) in [6.45, 7) is 3.42. The number of carbonyl (C=O) groups is 1. The molecule has 32 heavy (non-hydrogen) atoms. The van der Waals surface area contributed by atoms with Gasteiger partial charge in [0.2, 0.25) is 15.6 Å². The fourth-order valence-corrected chi connectivity index (χ4v) is 5.78. The molecule has 1 amide bonds. The van der Waals surface area contributed by atoms with Crippen LogP contribution in [0.2, 0.25) is 0 Å². The van der Waals surface area contributed by atoms with E-state index in [2.05, 4.69) is 10.3 Å². The van der Waals surface area contributed by atoms with Crippen molar-refractivity contribution < 1.29 is 13.2 Å². The number of hydrogen-bond acceptors (Lipinski definition) is 4. The van der Waals surface area contributed by atoms with Crippen molar-refractivity contribution in [2.75, 3.05) is 19.6 Å². The van der Waals surface area contributed by atoms with E-state index < -0.39 is 21.5 Å². The highest BCUT2D eigenvalue weighted by Gasteiger charge is 2.29. The van der Waals surface area contributed by atoms with Crippen molar-refractivity contribution in [3.8, 4) is 0 Å². The minimum atomic E-state index is -3.68. The molecule has 0 radical (unpaired) electrons. The number of pyridine rings is 1. The van der Waals surface area contributed by atoms with Gasteiger partial charge in [-0.2, -0.15) is 4.31 Å². The van der Waals surface area contributed by atoms with Gasteiger partial charge in [-0.05, 0) is 48.9 Å². The number of nitrogens with zero attached hydrogens (tertiary/aromatic N) is 1. The minimum absolute atomic E-state index is 0.129. The number of sulfonamides is 1. The second-order valence-corrected chi connectivity index (χ2v) is 10.3. The first-order valence-electron chi connectivity index (χ1n) is 10.8. The van der Waals surface area contributed by atoms with Crippen molar-refractivity contribution in [2.45, 2.75) is 31.1 Å². The smallest absolute Gasteiger partial charge is 0.252 e. The number of H-pyrrole nitrogens is 1. The Morgan fingerprint density at radius 3 is 2.69 bits per heavy atom. The van der Waals surface area contributed by atoms with Gasteiger partial charge in [0.05, 0.1) is 10.5 Å². The molecular formula is C24H27N3O4S. The molecule has 4 rings (SSSR count). The summed E-state index contributed by atoms with van der Waals surface area (Å²) in [7, 11) is -3.68. The number of hydrogen-bond donors (Lipinski definition) is 2. The van der Waals surface area contributed by atoms with Gasteiger partial charge in [-0.15, -0.1) is 0 Å². The molecule has 1 fully saturated rings. The molecule has 1 saturated heterocycles. The summed E-state index contributed by atoms with van der Waals surface area (Å²) < 4.78 is 27.9. The number of piperidine rings is 1. The highest BCUT2D eigenvalue weighted by atomic mass is 32.2. The third kappa shape index (κ3) is 4.76. The number of benzene rings is 2. The van der Waals surface area contributed by atoms with Crippen molar-refractivity contribution in [3.05, 3.63) is 76.1 Å². The van der Waals surface area contributed by atoms with E-state index in [0.29, 0.717) is 42.9 Å². The Morgan fingerprint density at radius 1 is 1.16 bits per heavy atom. The van der Waals surface area contributed by atoms with E-state index in [1.807, 2.05) is 37.3 Å². The average Bonchev–Trinajstić information content (AvgIpc) is 2.78. The van der Waals surface area contributed by atoms with Crippen LogP contribution in [0.15, 0.2) is 64.3 Å². The van der Waals surface area contributed by atoms with Gasteiger partial charge < -0.3 is 10.3 Å². The molecule has 8 heteroatoms. The normalized spacial score (nSPS) is 17.3. The van der Waals surface area contributed by atoms with E-state index in [1.165, 1.54) is 22.5 Å². The lowest BCUT2D eigenvalue weighted by atomic mass is 10.0. The molecule has 1 aromatic heterocycles. The van der Waals surface area contributed by atoms with Crippen molar-refractivity contribution in [1.29, 1.82) is 0 Å². The highest BCUT2D eigenvalue weighted by Crippen LogP contribution is 2.26. The summed E-state index contributed by atoms with van der Waals surface area (Å²) in [5.74, 6) is -0.0977. The van der Waals surface area contributed by atoms with Crippen LogP contribution >= 0.6 is 0 Å². The van der Waals surface area contributed by atoms with Crippen LogP contribution in [0.3, 0.4) is 0 Å². The van der Waals surface area contributed by atoms with Crippen molar-refractivity contribution in [3.63, 3.8) is 0 Å². The van der Waals surface area contributed by atoms with Gasteiger partial charge in [0.1, 0.15) is 0 Å². The third-order valence-corrected chi connectivity index (χ3v) is 7.72. The molecule has 0 spiro atoms. The lowest BCUT2D eigenvalue weighted by Crippen LogP contribution is -2.39. The van der Waals surface area contributed by atoms with E-state index in [1.54, 1.807) is 6.07 Å². The Bertz CT molecular complexity index is 1290. The molecule has 0 aliphatic carbocycles. The second-order valence-electron chi connectivity index (χ2n) is 8.36. The molecule has 2 aromatic carbocycles. The van der Waals surface area contributed by atoms with Crippen LogP contribution in [0.5, 0.6) is 0 Å². The van der Waals surface area contributed by atoms with Crippen LogP contribution in [0.1, 0.15) is 35.7 Å². The van der Waals surface area contributed by atoms with E-state index in [-0.39, 0.29) is 10.5 Å². The van der Waals surface area contributed by atoms with Crippen molar-refractivity contribution >= 4 is 26.8 Å². The van der Waals surface area contributed by atoms with Crippen LogP contribution in [0.4, 0.5) is 0 Å². The van der Waals surface area contributed by atoms with Crippen molar-refractivity contribution in [1.82, 2.24) is 14.6 Å². The Labute approximate surface area is 187 Å². The molecule has 7 nitrogen and oxygen atoms in total. The number of nitrogens with one attached hydrogen (secondary N) is 2. The molecule has 3 aromatic rings. The van der Waals surface area contributed by atoms with Gasteiger partial charge in [0.15, 0.2) is 0 Å². The van der Waals surface area contributed by atoms with Crippen LogP contribution in [-0.2, 0) is 16.4 Å². The molecule has 0 unspecified atom stereocenters. The van der Waals surface area contributed by atoms with E-state index in [0.717, 1.165) is 18.4 Å². The van der Waals surface area contributed by atoms with E-state index in [4.69, 9.17) is 0 Å². The van der Waals surface area contributed by atoms with Gasteiger partial charge in [0.25, 0.3) is 5.91 Å². The third-order valence-electron chi connectivity index (χ3n) is 5.86. The number of amides is 1. The zero-order valence-electron chi connectivity index (χ0n) is 18.0. The van der Waals surface area contributed by atoms with Crippen LogP contribution in [-0.4, -0.2) is 43.2 Å². The van der Waals surface area contributed by atoms with E-state index >= 15 is 0 Å². The highest BCUT2D eigenvalue weighted by molar-refractivity contribution is 7.89. The standard InChI is InChI=1S/C24H27N3O4S/c1-17-6-5-13-27(16-17)32(30,31)19-9-10-22-20(14-19)21(15-23(28)26-22)24(29)25-12-11-18-7-3-2-4-8-18/h2-4,7-10,14-15,17H,5-6,11-13,16H2,1H3,(H,25,29)(H,26,28)/t17-/m1/s1. The maximum absolute atomic E-state index is 13.2. The SMILES string of the molecule is C[C@@H]1CCCN(S(=O)(=O)c2ccc3[nH]c(=O)cc(C(=O)NCCc4ccccc4)c3c2)C1. The molecule has 0 saturated carbocycles. The summed E-state index contributed by atoms with van der Waals surface area (Å²) in [4.78, 5) is 27.8. The largest absolute Gasteiger partial charge is 0.352 e. The Hall–Kier alpha value is -2.97. The fraction of sp³-hybridized carbons (Fsp3) is 0.333. The molecule has 168 valence electrons. The topological polar surface area (TPSA) is 99.3 Å². The van der Waals surface area contributed by atoms with Crippen LogP contribution in [0, 0.1) is 5.92 Å². The molecule has 1 aliphatic heterocycles. The van der Waals surface area contributed by atoms with Gasteiger partial charge in [-0.25, -0.2) is 8.42 Å². The van der Waals surface area contributed by atoms with Crippen LogP contribution in [0.25, 0.3) is 10.9 Å². The van der Waals surface area contributed by atoms with E-state index in [9.17, 15) is 18.0 Å². The summed E-state index contributed by atoms with van der Waals surface area (Å²) in [5, 5.41) is 3.25. The Kier molecular flexibility index (Phi) is 6.43. The fourth-order valence-electron chi connectivity index (χ4n) is 4.16. The first-order chi connectivity index (χ1) is 15.3.